The number of fused-ring (bicyclic) bond motifs is 1. The summed E-state index contributed by atoms with van der Waals surface area (Å²) >= 11 is 1.76. The molecule has 0 amide bonds. The Morgan fingerprint density at radius 1 is 1.21 bits per heavy atom. The van der Waals surface area contributed by atoms with Crippen LogP contribution in [-0.2, 0) is 13.1 Å². The number of hydrogen-bond donors (Lipinski definition) is 2. The first kappa shape index (κ1) is 15.2. The second kappa shape index (κ2) is 7.03. The van der Waals surface area contributed by atoms with E-state index in [9.17, 15) is 0 Å². The molecule has 1 aromatic carbocycles. The smallest absolute Gasteiger partial charge is 0.130 e. The first-order chi connectivity index (χ1) is 11.9. The van der Waals surface area contributed by atoms with Crippen LogP contribution in [0.4, 0.5) is 17.2 Å². The minimum absolute atomic E-state index is 0.888. The molecule has 24 heavy (non-hydrogen) atoms. The second-order valence-corrected chi connectivity index (χ2v) is 6.77. The molecule has 4 nitrogen and oxygen atoms in total. The van der Waals surface area contributed by atoms with Crippen LogP contribution >= 0.6 is 11.3 Å². The van der Waals surface area contributed by atoms with E-state index in [1.165, 1.54) is 11.1 Å². The van der Waals surface area contributed by atoms with Crippen LogP contribution in [0.15, 0.2) is 59.4 Å². The van der Waals surface area contributed by atoms with Crippen molar-refractivity contribution >= 4 is 28.5 Å². The Balaban J connectivity index is 1.52. The summed E-state index contributed by atoms with van der Waals surface area (Å²) in [5, 5.41) is 11.2. The monoisotopic (exact) mass is 336 g/mol. The molecule has 1 aliphatic heterocycles. The third-order valence-corrected chi connectivity index (χ3v) is 4.89. The minimum atomic E-state index is 0.888. The number of benzene rings is 1. The zero-order valence-electron chi connectivity index (χ0n) is 13.4. The zero-order valence-corrected chi connectivity index (χ0v) is 14.2. The van der Waals surface area contributed by atoms with E-state index in [0.717, 1.165) is 43.4 Å². The molecule has 0 fully saturated rings. The van der Waals surface area contributed by atoms with Crippen LogP contribution in [0.3, 0.4) is 0 Å². The van der Waals surface area contributed by atoms with Crippen molar-refractivity contribution in [2.75, 3.05) is 23.7 Å². The summed E-state index contributed by atoms with van der Waals surface area (Å²) in [6.07, 6.45) is 1.94. The van der Waals surface area contributed by atoms with Crippen molar-refractivity contribution in [3.05, 3.63) is 70.5 Å². The van der Waals surface area contributed by atoms with Gasteiger partial charge >= 0.3 is 0 Å². The standard InChI is InChI=1S/C19H20N4S/c1-2-4-17(5-3-1)22-19-10-16-13-23(12-15-6-9-24-14-15)8-7-20-18(16)11-21-19/h1-6,9-11,14,20H,7-8,12-13H2,(H,21,22). The molecule has 122 valence electrons. The Hall–Kier alpha value is -2.37. The van der Waals surface area contributed by atoms with Gasteiger partial charge in [-0.1, -0.05) is 18.2 Å². The van der Waals surface area contributed by atoms with Crippen LogP contribution < -0.4 is 10.6 Å². The van der Waals surface area contributed by atoms with Crippen LogP contribution in [-0.4, -0.2) is 23.0 Å². The molecule has 5 heteroatoms. The number of pyridine rings is 1. The number of rotatable bonds is 4. The Kier molecular flexibility index (Phi) is 4.44. The van der Waals surface area contributed by atoms with Crippen LogP contribution in [0.25, 0.3) is 0 Å². The molecule has 4 rings (SSSR count). The second-order valence-electron chi connectivity index (χ2n) is 5.99. The third-order valence-electron chi connectivity index (χ3n) is 4.16. The Labute approximate surface area is 146 Å². The van der Waals surface area contributed by atoms with Gasteiger partial charge in [0.2, 0.25) is 0 Å². The first-order valence-electron chi connectivity index (χ1n) is 8.15. The van der Waals surface area contributed by atoms with Gasteiger partial charge in [-0.15, -0.1) is 0 Å². The normalized spacial score (nSPS) is 14.5. The molecule has 0 unspecified atom stereocenters. The SMILES string of the molecule is c1ccc(Nc2cc3c(cn2)NCCN(Cc2ccsc2)C3)cc1. The molecule has 2 N–H and O–H groups in total. The summed E-state index contributed by atoms with van der Waals surface area (Å²) in [4.78, 5) is 7.02. The van der Waals surface area contributed by atoms with Gasteiger partial charge in [0, 0.05) is 31.9 Å². The minimum Gasteiger partial charge on any atom is -0.382 e. The maximum absolute atomic E-state index is 4.54. The summed E-state index contributed by atoms with van der Waals surface area (Å²) in [6.45, 7) is 3.91. The van der Waals surface area contributed by atoms with E-state index in [0.29, 0.717) is 0 Å². The van der Waals surface area contributed by atoms with Gasteiger partial charge in [-0.05, 0) is 46.2 Å². The van der Waals surface area contributed by atoms with E-state index >= 15 is 0 Å². The predicted molar refractivity (Wildman–Crippen MR) is 101 cm³/mol. The summed E-state index contributed by atoms with van der Waals surface area (Å²) in [6, 6.07) is 14.5. The van der Waals surface area contributed by atoms with Crippen molar-refractivity contribution in [3.8, 4) is 0 Å². The Morgan fingerprint density at radius 2 is 2.12 bits per heavy atom. The van der Waals surface area contributed by atoms with Gasteiger partial charge in [0.25, 0.3) is 0 Å². The molecule has 0 radical (unpaired) electrons. The van der Waals surface area contributed by atoms with Crippen molar-refractivity contribution in [3.63, 3.8) is 0 Å². The first-order valence-corrected chi connectivity index (χ1v) is 9.09. The number of aromatic nitrogens is 1. The maximum Gasteiger partial charge on any atom is 0.130 e. The van der Waals surface area contributed by atoms with Crippen molar-refractivity contribution in [2.45, 2.75) is 13.1 Å². The van der Waals surface area contributed by atoms with E-state index in [1.54, 1.807) is 11.3 Å². The highest BCUT2D eigenvalue weighted by molar-refractivity contribution is 7.07. The highest BCUT2D eigenvalue weighted by Crippen LogP contribution is 2.25. The lowest BCUT2D eigenvalue weighted by atomic mass is 10.2. The molecule has 0 saturated carbocycles. The highest BCUT2D eigenvalue weighted by atomic mass is 32.1. The molecule has 0 bridgehead atoms. The molecule has 0 aliphatic carbocycles. The zero-order chi connectivity index (χ0) is 16.2. The Morgan fingerprint density at radius 3 is 2.96 bits per heavy atom. The summed E-state index contributed by atoms with van der Waals surface area (Å²) in [5.74, 6) is 0.888. The number of nitrogens with zero attached hydrogens (tertiary/aromatic N) is 2. The highest BCUT2D eigenvalue weighted by Gasteiger charge is 2.15. The van der Waals surface area contributed by atoms with Crippen molar-refractivity contribution < 1.29 is 0 Å². The fraction of sp³-hybridized carbons (Fsp3) is 0.211. The molecular formula is C19H20N4S. The lowest BCUT2D eigenvalue weighted by molar-refractivity contribution is 0.272. The summed E-state index contributed by atoms with van der Waals surface area (Å²) in [5.41, 5.74) is 4.87. The number of anilines is 3. The molecule has 0 spiro atoms. The number of para-hydroxylation sites is 1. The van der Waals surface area contributed by atoms with Gasteiger partial charge in [0.15, 0.2) is 0 Å². The maximum atomic E-state index is 4.54. The Bertz CT molecular complexity index is 786. The summed E-state index contributed by atoms with van der Waals surface area (Å²) in [7, 11) is 0. The van der Waals surface area contributed by atoms with Gasteiger partial charge in [0.05, 0.1) is 11.9 Å². The van der Waals surface area contributed by atoms with Gasteiger partial charge in [-0.25, -0.2) is 4.98 Å². The lowest BCUT2D eigenvalue weighted by Crippen LogP contribution is -2.25. The molecule has 2 aromatic heterocycles. The number of nitrogens with one attached hydrogen (secondary N) is 2. The molecule has 0 saturated heterocycles. The molecule has 1 aliphatic rings. The van der Waals surface area contributed by atoms with Crippen molar-refractivity contribution in [1.82, 2.24) is 9.88 Å². The molecule has 0 atom stereocenters. The van der Waals surface area contributed by atoms with Gasteiger partial charge in [-0.3, -0.25) is 4.90 Å². The molecule has 3 heterocycles. The molecule has 3 aromatic rings. The van der Waals surface area contributed by atoms with Crippen LogP contribution in [0.1, 0.15) is 11.1 Å². The summed E-state index contributed by atoms with van der Waals surface area (Å²) < 4.78 is 0. The lowest BCUT2D eigenvalue weighted by Gasteiger charge is -2.19. The van der Waals surface area contributed by atoms with E-state index in [2.05, 4.69) is 55.5 Å². The van der Waals surface area contributed by atoms with Gasteiger partial charge in [0.1, 0.15) is 5.82 Å². The van der Waals surface area contributed by atoms with Crippen LogP contribution in [0, 0.1) is 0 Å². The van der Waals surface area contributed by atoms with E-state index < -0.39 is 0 Å². The quantitative estimate of drug-likeness (QED) is 0.745. The van der Waals surface area contributed by atoms with Gasteiger partial charge in [-0.2, -0.15) is 11.3 Å². The number of hydrogen-bond acceptors (Lipinski definition) is 5. The largest absolute Gasteiger partial charge is 0.382 e. The van der Waals surface area contributed by atoms with Crippen molar-refractivity contribution in [1.29, 1.82) is 0 Å². The van der Waals surface area contributed by atoms with Gasteiger partial charge < -0.3 is 10.6 Å². The molecular weight excluding hydrogens is 316 g/mol. The van der Waals surface area contributed by atoms with Crippen LogP contribution in [0.2, 0.25) is 0 Å². The van der Waals surface area contributed by atoms with Crippen LogP contribution in [0.5, 0.6) is 0 Å². The fourth-order valence-electron chi connectivity index (χ4n) is 2.97. The average Bonchev–Trinajstić information content (AvgIpc) is 3.02. The van der Waals surface area contributed by atoms with E-state index in [-0.39, 0.29) is 0 Å². The van der Waals surface area contributed by atoms with E-state index in [1.807, 2.05) is 24.4 Å². The topological polar surface area (TPSA) is 40.2 Å². The fourth-order valence-corrected chi connectivity index (χ4v) is 3.63. The predicted octanol–water partition coefficient (Wildman–Crippen LogP) is 4.31. The number of thiophene rings is 1. The average molecular weight is 336 g/mol. The third kappa shape index (κ3) is 3.58. The van der Waals surface area contributed by atoms with Crippen molar-refractivity contribution in [2.24, 2.45) is 0 Å². The van der Waals surface area contributed by atoms with E-state index in [4.69, 9.17) is 0 Å².